The molecule has 0 bridgehead atoms. The summed E-state index contributed by atoms with van der Waals surface area (Å²) >= 11 is 2.95. The zero-order valence-corrected chi connectivity index (χ0v) is 19.5. The van der Waals surface area contributed by atoms with E-state index >= 15 is 0 Å². The van der Waals surface area contributed by atoms with Crippen LogP contribution in [0.25, 0.3) is 0 Å². The van der Waals surface area contributed by atoms with E-state index in [1.165, 1.54) is 22.7 Å². The van der Waals surface area contributed by atoms with Crippen molar-refractivity contribution in [1.29, 1.82) is 0 Å². The Morgan fingerprint density at radius 2 is 1.93 bits per heavy atom. The Morgan fingerprint density at radius 1 is 1.28 bits per heavy atom. The summed E-state index contributed by atoms with van der Waals surface area (Å²) in [6.45, 7) is 6.11. The molecular weight excluding hydrogens is 432 g/mol. The molecular formula is C18H26N4O4S3. The van der Waals surface area contributed by atoms with Crippen LogP contribution in [0.2, 0.25) is 0 Å². The molecule has 0 unspecified atom stereocenters. The van der Waals surface area contributed by atoms with Gasteiger partial charge in [0.2, 0.25) is 15.2 Å². The lowest BCUT2D eigenvalue weighted by Gasteiger charge is -2.19. The maximum atomic E-state index is 12.5. The summed E-state index contributed by atoms with van der Waals surface area (Å²) in [5.74, 6) is 1.65. The first-order valence-electron chi connectivity index (χ1n) is 9.08. The molecule has 8 nitrogen and oxygen atoms in total. The fourth-order valence-electron chi connectivity index (χ4n) is 2.16. The van der Waals surface area contributed by atoms with E-state index in [0.29, 0.717) is 28.9 Å². The number of nitrogens with zero attached hydrogens (tertiary/aromatic N) is 3. The van der Waals surface area contributed by atoms with Crippen LogP contribution >= 0.6 is 23.1 Å². The minimum absolute atomic E-state index is 0.304. The third kappa shape index (κ3) is 7.16. The van der Waals surface area contributed by atoms with E-state index in [1.807, 2.05) is 6.92 Å². The SMILES string of the molecule is CC[C@@H](Oc1ccc(N(C)S(C)(=O)=O)cc1)C(=O)Nc1nnc(SCC(C)C)s1. The molecule has 2 aromatic rings. The molecule has 1 amide bonds. The van der Waals surface area contributed by atoms with E-state index in [0.717, 1.165) is 16.3 Å². The highest BCUT2D eigenvalue weighted by Crippen LogP contribution is 2.27. The number of nitrogens with one attached hydrogen (secondary N) is 1. The number of ether oxygens (including phenoxy) is 1. The Kier molecular flexibility index (Phi) is 8.29. The number of carbonyl (C=O) groups is 1. The van der Waals surface area contributed by atoms with E-state index in [2.05, 4.69) is 29.4 Å². The standard InChI is InChI=1S/C18H26N4O4S3/c1-6-15(16(23)19-17-20-21-18(28-17)27-11-12(2)3)26-14-9-7-13(8-10-14)22(4)29(5,24)25/h7-10,12,15H,6,11H2,1-5H3,(H,19,20,23)/t15-/m1/s1. The number of rotatable bonds is 10. The molecule has 1 aromatic heterocycles. The van der Waals surface area contributed by atoms with Gasteiger partial charge >= 0.3 is 0 Å². The van der Waals surface area contributed by atoms with Gasteiger partial charge in [-0.2, -0.15) is 0 Å². The number of hydrogen-bond donors (Lipinski definition) is 1. The Balaban J connectivity index is 1.98. The third-order valence-electron chi connectivity index (χ3n) is 3.82. The number of thioether (sulfide) groups is 1. The Morgan fingerprint density at radius 3 is 2.48 bits per heavy atom. The number of hydrogen-bond acceptors (Lipinski definition) is 8. The van der Waals surface area contributed by atoms with Gasteiger partial charge in [-0.05, 0) is 36.6 Å². The molecule has 0 saturated carbocycles. The van der Waals surface area contributed by atoms with Crippen LogP contribution in [0.3, 0.4) is 0 Å². The molecule has 11 heteroatoms. The third-order valence-corrected chi connectivity index (χ3v) is 7.42. The molecule has 0 aliphatic carbocycles. The minimum Gasteiger partial charge on any atom is -0.481 e. The second-order valence-electron chi connectivity index (χ2n) is 6.81. The average Bonchev–Trinajstić information content (AvgIpc) is 3.10. The number of aromatic nitrogens is 2. The number of amides is 1. The van der Waals surface area contributed by atoms with Crippen LogP contribution in [0.4, 0.5) is 10.8 Å². The van der Waals surface area contributed by atoms with Crippen molar-refractivity contribution in [3.63, 3.8) is 0 Å². The molecule has 1 aromatic carbocycles. The van der Waals surface area contributed by atoms with Crippen molar-refractivity contribution < 1.29 is 17.9 Å². The Bertz CT molecular complexity index is 913. The maximum Gasteiger partial charge on any atom is 0.267 e. The topological polar surface area (TPSA) is 101 Å². The van der Waals surface area contributed by atoms with Gasteiger partial charge in [0.25, 0.3) is 5.91 Å². The molecule has 0 spiro atoms. The van der Waals surface area contributed by atoms with E-state index in [4.69, 9.17) is 4.74 Å². The Labute approximate surface area is 180 Å². The van der Waals surface area contributed by atoms with Crippen molar-refractivity contribution in [1.82, 2.24) is 10.2 Å². The van der Waals surface area contributed by atoms with Crippen LogP contribution in [0.15, 0.2) is 28.6 Å². The molecule has 1 heterocycles. The van der Waals surface area contributed by atoms with Crippen molar-refractivity contribution in [2.45, 2.75) is 37.6 Å². The van der Waals surface area contributed by atoms with Gasteiger partial charge in [-0.15, -0.1) is 10.2 Å². The van der Waals surface area contributed by atoms with Gasteiger partial charge in [0.15, 0.2) is 10.4 Å². The molecule has 1 atom stereocenters. The average molecular weight is 459 g/mol. The number of anilines is 2. The summed E-state index contributed by atoms with van der Waals surface area (Å²) in [5.41, 5.74) is 0.512. The second-order valence-corrected chi connectivity index (χ2v) is 11.1. The largest absolute Gasteiger partial charge is 0.481 e. The zero-order chi connectivity index (χ0) is 21.6. The van der Waals surface area contributed by atoms with Crippen molar-refractivity contribution in [2.24, 2.45) is 5.92 Å². The summed E-state index contributed by atoms with van der Waals surface area (Å²) < 4.78 is 31.0. The monoisotopic (exact) mass is 458 g/mol. The molecule has 0 aliphatic rings. The van der Waals surface area contributed by atoms with Gasteiger partial charge in [0, 0.05) is 12.8 Å². The molecule has 2 rings (SSSR count). The normalized spacial score (nSPS) is 12.6. The molecule has 1 N–H and O–H groups in total. The van der Waals surface area contributed by atoms with E-state index < -0.39 is 16.1 Å². The van der Waals surface area contributed by atoms with Crippen LogP contribution in [-0.4, -0.2) is 49.7 Å². The van der Waals surface area contributed by atoms with Crippen molar-refractivity contribution in [3.05, 3.63) is 24.3 Å². The van der Waals surface area contributed by atoms with Gasteiger partial charge in [-0.1, -0.05) is 43.9 Å². The van der Waals surface area contributed by atoms with E-state index in [1.54, 1.807) is 36.0 Å². The van der Waals surface area contributed by atoms with Crippen LogP contribution < -0.4 is 14.4 Å². The van der Waals surface area contributed by atoms with Gasteiger partial charge in [0.05, 0.1) is 11.9 Å². The first kappa shape index (κ1) is 23.4. The smallest absolute Gasteiger partial charge is 0.267 e. The van der Waals surface area contributed by atoms with Crippen LogP contribution in [-0.2, 0) is 14.8 Å². The quantitative estimate of drug-likeness (QED) is 0.430. The molecule has 29 heavy (non-hydrogen) atoms. The van der Waals surface area contributed by atoms with Crippen molar-refractivity contribution in [3.8, 4) is 5.75 Å². The Hall–Kier alpha value is -1.85. The fraction of sp³-hybridized carbons (Fsp3) is 0.500. The van der Waals surface area contributed by atoms with Crippen molar-refractivity contribution >= 4 is 49.8 Å². The highest BCUT2D eigenvalue weighted by atomic mass is 32.2. The van der Waals surface area contributed by atoms with E-state index in [9.17, 15) is 13.2 Å². The molecule has 0 fully saturated rings. The van der Waals surface area contributed by atoms with Crippen molar-refractivity contribution in [2.75, 3.05) is 28.7 Å². The molecule has 0 saturated heterocycles. The van der Waals surface area contributed by atoms with Crippen LogP contribution in [0.1, 0.15) is 27.2 Å². The predicted molar refractivity (Wildman–Crippen MR) is 118 cm³/mol. The number of carbonyl (C=O) groups excluding carboxylic acids is 1. The summed E-state index contributed by atoms with van der Waals surface area (Å²) in [6, 6.07) is 6.53. The maximum absolute atomic E-state index is 12.5. The van der Waals surface area contributed by atoms with E-state index in [-0.39, 0.29) is 5.91 Å². The van der Waals surface area contributed by atoms with Gasteiger partial charge in [0.1, 0.15) is 5.75 Å². The summed E-state index contributed by atoms with van der Waals surface area (Å²) in [6.07, 6.45) is 0.892. The lowest BCUT2D eigenvalue weighted by Crippen LogP contribution is -2.32. The van der Waals surface area contributed by atoms with Crippen LogP contribution in [0.5, 0.6) is 5.75 Å². The summed E-state index contributed by atoms with van der Waals surface area (Å²) in [7, 11) is -1.86. The summed E-state index contributed by atoms with van der Waals surface area (Å²) in [5, 5.41) is 11.3. The minimum atomic E-state index is -3.34. The van der Waals surface area contributed by atoms with Crippen LogP contribution in [0, 0.1) is 5.92 Å². The molecule has 0 radical (unpaired) electrons. The predicted octanol–water partition coefficient (Wildman–Crippen LogP) is 3.48. The summed E-state index contributed by atoms with van der Waals surface area (Å²) in [4.78, 5) is 12.5. The number of benzene rings is 1. The van der Waals surface area contributed by atoms with Gasteiger partial charge in [-0.3, -0.25) is 14.4 Å². The zero-order valence-electron chi connectivity index (χ0n) is 17.1. The van der Waals surface area contributed by atoms with Gasteiger partial charge in [-0.25, -0.2) is 8.42 Å². The first-order chi connectivity index (χ1) is 13.6. The highest BCUT2D eigenvalue weighted by Gasteiger charge is 2.21. The number of sulfonamides is 1. The fourth-order valence-corrected chi connectivity index (χ4v) is 4.39. The highest BCUT2D eigenvalue weighted by molar-refractivity contribution is 8.01. The second kappa shape index (κ2) is 10.3. The molecule has 160 valence electrons. The first-order valence-corrected chi connectivity index (χ1v) is 12.7. The molecule has 0 aliphatic heterocycles. The van der Waals surface area contributed by atoms with Gasteiger partial charge < -0.3 is 4.74 Å². The lowest BCUT2D eigenvalue weighted by molar-refractivity contribution is -0.122. The lowest BCUT2D eigenvalue weighted by atomic mass is 10.2.